The predicted octanol–water partition coefficient (Wildman–Crippen LogP) is 3.15. The Morgan fingerprint density at radius 3 is 2.65 bits per heavy atom. The quantitative estimate of drug-likeness (QED) is 0.843. The van der Waals surface area contributed by atoms with Crippen LogP contribution >= 0.6 is 11.8 Å². The minimum Gasteiger partial charge on any atom is -0.476 e. The largest absolute Gasteiger partial charge is 0.476 e. The molecule has 1 heterocycles. The number of rotatable bonds is 4. The zero-order valence-electron chi connectivity index (χ0n) is 9.21. The van der Waals surface area contributed by atoms with Crippen molar-refractivity contribution < 1.29 is 14.4 Å². The van der Waals surface area contributed by atoms with Crippen molar-refractivity contribution in [2.45, 2.75) is 11.8 Å². The van der Waals surface area contributed by atoms with Crippen molar-refractivity contribution in [2.75, 3.05) is 5.75 Å². The molecule has 5 heteroatoms. The Bertz CT molecular complexity index is 519. The summed E-state index contributed by atoms with van der Waals surface area (Å²) in [5.74, 6) is 0.402. The Morgan fingerprint density at radius 2 is 2.12 bits per heavy atom. The molecule has 0 aliphatic rings. The van der Waals surface area contributed by atoms with E-state index in [1.54, 1.807) is 11.8 Å². The van der Waals surface area contributed by atoms with Gasteiger partial charge >= 0.3 is 5.97 Å². The van der Waals surface area contributed by atoms with Crippen molar-refractivity contribution >= 4 is 17.7 Å². The van der Waals surface area contributed by atoms with Gasteiger partial charge in [-0.2, -0.15) is 0 Å². The predicted molar refractivity (Wildman–Crippen MR) is 65.3 cm³/mol. The second kappa shape index (κ2) is 5.05. The maximum Gasteiger partial charge on any atom is 0.358 e. The van der Waals surface area contributed by atoms with Crippen molar-refractivity contribution in [3.8, 4) is 11.3 Å². The van der Waals surface area contributed by atoms with Gasteiger partial charge in [0.2, 0.25) is 0 Å². The molecule has 1 N–H and O–H groups in total. The smallest absolute Gasteiger partial charge is 0.358 e. The number of aromatic carboxylic acids is 1. The number of thioether (sulfide) groups is 1. The number of benzene rings is 1. The molecule has 0 saturated carbocycles. The van der Waals surface area contributed by atoms with Gasteiger partial charge in [0.25, 0.3) is 0 Å². The van der Waals surface area contributed by atoms with Gasteiger partial charge in [0.15, 0.2) is 11.5 Å². The van der Waals surface area contributed by atoms with E-state index >= 15 is 0 Å². The Balaban J connectivity index is 2.23. The zero-order valence-corrected chi connectivity index (χ0v) is 10.0. The van der Waals surface area contributed by atoms with E-state index in [1.165, 1.54) is 11.0 Å². The van der Waals surface area contributed by atoms with E-state index in [0.717, 1.165) is 11.3 Å². The van der Waals surface area contributed by atoms with Crippen molar-refractivity contribution in [3.05, 3.63) is 36.0 Å². The maximum absolute atomic E-state index is 10.7. The lowest BCUT2D eigenvalue weighted by molar-refractivity contribution is 0.0686. The molecule has 1 aromatic carbocycles. The molecule has 0 aliphatic carbocycles. The molecule has 0 fully saturated rings. The summed E-state index contributed by atoms with van der Waals surface area (Å²) >= 11 is 1.75. The molecule has 0 saturated heterocycles. The summed E-state index contributed by atoms with van der Waals surface area (Å²) < 4.78 is 4.97. The van der Waals surface area contributed by atoms with E-state index in [1.807, 2.05) is 24.3 Å². The third-order valence-electron chi connectivity index (χ3n) is 2.18. The molecule has 0 atom stereocenters. The average Bonchev–Trinajstić information content (AvgIpc) is 2.80. The van der Waals surface area contributed by atoms with Gasteiger partial charge in [-0.15, -0.1) is 11.8 Å². The van der Waals surface area contributed by atoms with E-state index in [-0.39, 0.29) is 5.69 Å². The minimum absolute atomic E-state index is 0.0768. The number of aromatic nitrogens is 1. The van der Waals surface area contributed by atoms with E-state index in [9.17, 15) is 4.79 Å². The van der Waals surface area contributed by atoms with Gasteiger partial charge in [0.05, 0.1) is 0 Å². The fourth-order valence-corrected chi connectivity index (χ4v) is 2.06. The van der Waals surface area contributed by atoms with Crippen molar-refractivity contribution in [1.29, 1.82) is 0 Å². The first-order chi connectivity index (χ1) is 8.20. The topological polar surface area (TPSA) is 63.3 Å². The van der Waals surface area contributed by atoms with Gasteiger partial charge in [0.1, 0.15) is 0 Å². The van der Waals surface area contributed by atoms with Crippen LogP contribution in [0.5, 0.6) is 0 Å². The zero-order chi connectivity index (χ0) is 12.3. The Morgan fingerprint density at radius 1 is 1.41 bits per heavy atom. The molecule has 0 bridgehead atoms. The summed E-state index contributed by atoms with van der Waals surface area (Å²) in [5.41, 5.74) is 0.748. The Hall–Kier alpha value is -1.75. The number of hydrogen-bond donors (Lipinski definition) is 1. The molecule has 0 spiro atoms. The van der Waals surface area contributed by atoms with Crippen molar-refractivity contribution in [1.82, 2.24) is 5.16 Å². The van der Waals surface area contributed by atoms with Crippen LogP contribution in [0.25, 0.3) is 11.3 Å². The third-order valence-corrected chi connectivity index (χ3v) is 3.07. The molecular weight excluding hydrogens is 238 g/mol. The molecule has 17 heavy (non-hydrogen) atoms. The van der Waals surface area contributed by atoms with Gasteiger partial charge in [-0.1, -0.05) is 24.2 Å². The summed E-state index contributed by atoms with van der Waals surface area (Å²) in [7, 11) is 0. The number of carboxylic acid groups (broad SMARTS) is 1. The van der Waals surface area contributed by atoms with Gasteiger partial charge in [-0.05, 0) is 17.9 Å². The first-order valence-electron chi connectivity index (χ1n) is 5.14. The van der Waals surface area contributed by atoms with Gasteiger partial charge in [0, 0.05) is 16.5 Å². The van der Waals surface area contributed by atoms with Gasteiger partial charge < -0.3 is 9.63 Å². The number of carboxylic acids is 1. The summed E-state index contributed by atoms with van der Waals surface area (Å²) in [6.07, 6.45) is 0. The molecule has 2 aromatic rings. The molecular formula is C12H11NO3S. The summed E-state index contributed by atoms with van der Waals surface area (Å²) in [4.78, 5) is 11.8. The average molecular weight is 249 g/mol. The number of carbonyl (C=O) groups is 1. The van der Waals surface area contributed by atoms with Crippen LogP contribution in [0, 0.1) is 0 Å². The van der Waals surface area contributed by atoms with E-state index in [0.29, 0.717) is 5.76 Å². The SMILES string of the molecule is CCSc1ccc(-c2cc(C(=O)O)no2)cc1. The maximum atomic E-state index is 10.7. The molecule has 0 amide bonds. The lowest BCUT2D eigenvalue weighted by Crippen LogP contribution is -1.94. The van der Waals surface area contributed by atoms with Crippen LogP contribution in [-0.4, -0.2) is 22.0 Å². The monoisotopic (exact) mass is 249 g/mol. The highest BCUT2D eigenvalue weighted by Gasteiger charge is 2.11. The summed E-state index contributed by atoms with van der Waals surface area (Å²) in [6, 6.07) is 9.16. The molecule has 4 nitrogen and oxygen atoms in total. The lowest BCUT2D eigenvalue weighted by atomic mass is 10.1. The second-order valence-electron chi connectivity index (χ2n) is 3.34. The highest BCUT2D eigenvalue weighted by Crippen LogP contribution is 2.24. The fraction of sp³-hybridized carbons (Fsp3) is 0.167. The van der Waals surface area contributed by atoms with E-state index in [2.05, 4.69) is 12.1 Å². The minimum atomic E-state index is -1.09. The van der Waals surface area contributed by atoms with Crippen LogP contribution in [0.15, 0.2) is 39.8 Å². The fourth-order valence-electron chi connectivity index (χ4n) is 1.39. The first kappa shape index (κ1) is 11.7. The first-order valence-corrected chi connectivity index (χ1v) is 6.12. The standard InChI is InChI=1S/C12H11NO3S/c1-2-17-9-5-3-8(4-6-9)11-7-10(12(14)15)13-16-11/h3-7H,2H2,1H3,(H,14,15). The normalized spacial score (nSPS) is 10.4. The van der Waals surface area contributed by atoms with Crippen LogP contribution < -0.4 is 0 Å². The Labute approximate surface area is 103 Å². The van der Waals surface area contributed by atoms with Crippen molar-refractivity contribution in [3.63, 3.8) is 0 Å². The highest BCUT2D eigenvalue weighted by atomic mass is 32.2. The van der Waals surface area contributed by atoms with Crippen LogP contribution in [0.1, 0.15) is 17.4 Å². The molecule has 88 valence electrons. The van der Waals surface area contributed by atoms with Crippen LogP contribution in [0.2, 0.25) is 0 Å². The molecule has 0 aliphatic heterocycles. The van der Waals surface area contributed by atoms with Gasteiger partial charge in [-0.25, -0.2) is 4.79 Å². The second-order valence-corrected chi connectivity index (χ2v) is 4.68. The molecule has 0 unspecified atom stereocenters. The molecule has 2 rings (SSSR count). The van der Waals surface area contributed by atoms with Crippen LogP contribution in [0.3, 0.4) is 0 Å². The molecule has 1 aromatic heterocycles. The van der Waals surface area contributed by atoms with Gasteiger partial charge in [-0.3, -0.25) is 0 Å². The van der Waals surface area contributed by atoms with Crippen molar-refractivity contribution in [2.24, 2.45) is 0 Å². The number of nitrogens with zero attached hydrogens (tertiary/aromatic N) is 1. The number of hydrogen-bond acceptors (Lipinski definition) is 4. The lowest BCUT2D eigenvalue weighted by Gasteiger charge is -1.99. The summed E-state index contributed by atoms with van der Waals surface area (Å²) in [6.45, 7) is 2.09. The van der Waals surface area contributed by atoms with Crippen LogP contribution in [0.4, 0.5) is 0 Å². The Kier molecular flexibility index (Phi) is 3.49. The molecule has 0 radical (unpaired) electrons. The van der Waals surface area contributed by atoms with E-state index in [4.69, 9.17) is 9.63 Å². The van der Waals surface area contributed by atoms with E-state index < -0.39 is 5.97 Å². The highest BCUT2D eigenvalue weighted by molar-refractivity contribution is 7.99. The van der Waals surface area contributed by atoms with Crippen LogP contribution in [-0.2, 0) is 0 Å². The third kappa shape index (κ3) is 2.68. The summed E-state index contributed by atoms with van der Waals surface area (Å²) in [5, 5.41) is 12.2.